The zero-order valence-corrected chi connectivity index (χ0v) is 15.9. The van der Waals surface area contributed by atoms with E-state index in [2.05, 4.69) is 41.5 Å². The highest BCUT2D eigenvalue weighted by Crippen LogP contribution is 2.40. The first-order valence-electron chi connectivity index (χ1n) is 9.05. The smallest absolute Gasteiger partial charge is 0.0969 e. The summed E-state index contributed by atoms with van der Waals surface area (Å²) in [6.07, 6.45) is 10.4. The fraction of sp³-hybridized carbons (Fsp3) is 0.895. The molecule has 0 aromatic heterocycles. The Morgan fingerprint density at radius 3 is 2.14 bits per heavy atom. The van der Waals surface area contributed by atoms with E-state index in [4.69, 9.17) is 16.2 Å². The highest BCUT2D eigenvalue weighted by atomic mass is 16.5. The summed E-state index contributed by atoms with van der Waals surface area (Å²) in [5, 5.41) is 0. The molecule has 0 aliphatic rings. The van der Waals surface area contributed by atoms with E-state index in [-0.39, 0.29) is 17.1 Å². The lowest BCUT2D eigenvalue weighted by molar-refractivity contribution is -0.129. The Balaban J connectivity index is 4.62. The molecule has 0 aliphatic heterocycles. The van der Waals surface area contributed by atoms with Crippen molar-refractivity contribution in [2.45, 2.75) is 98.2 Å². The number of unbranched alkanes of at least 4 members (excludes halogenated alkanes) is 4. The third-order valence-electron chi connectivity index (χ3n) is 5.07. The van der Waals surface area contributed by atoms with Crippen LogP contribution in [0.2, 0.25) is 0 Å². The van der Waals surface area contributed by atoms with E-state index in [9.17, 15) is 0 Å². The predicted octanol–water partition coefficient (Wildman–Crippen LogP) is 4.75. The summed E-state index contributed by atoms with van der Waals surface area (Å²) in [7, 11) is 0. The molecular formula is C19H40N2O. The molecule has 0 aromatic carbocycles. The normalized spacial score (nSPS) is 15.1. The van der Waals surface area contributed by atoms with Gasteiger partial charge in [-0.3, -0.25) is 0 Å². The molecule has 132 valence electrons. The van der Waals surface area contributed by atoms with Crippen LogP contribution in [0.15, 0.2) is 11.8 Å². The molecule has 3 nitrogen and oxygen atoms in total. The Bertz CT molecular complexity index is 321. The summed E-state index contributed by atoms with van der Waals surface area (Å²) in [6, 6.07) is 0. The van der Waals surface area contributed by atoms with Crippen LogP contribution in [0.25, 0.3) is 0 Å². The molecule has 0 aromatic rings. The van der Waals surface area contributed by atoms with Crippen molar-refractivity contribution in [3.8, 4) is 0 Å². The number of hydrogen-bond donors (Lipinski definition) is 2. The van der Waals surface area contributed by atoms with E-state index in [0.29, 0.717) is 6.54 Å². The van der Waals surface area contributed by atoms with Crippen molar-refractivity contribution in [1.82, 2.24) is 0 Å². The molecule has 22 heavy (non-hydrogen) atoms. The lowest BCUT2D eigenvalue weighted by Crippen LogP contribution is -2.45. The van der Waals surface area contributed by atoms with E-state index >= 15 is 0 Å². The predicted molar refractivity (Wildman–Crippen MR) is 97.7 cm³/mol. The van der Waals surface area contributed by atoms with Gasteiger partial charge >= 0.3 is 0 Å². The zero-order valence-electron chi connectivity index (χ0n) is 15.9. The molecule has 0 radical (unpaired) electrons. The van der Waals surface area contributed by atoms with Crippen LogP contribution in [0.5, 0.6) is 0 Å². The molecule has 0 aliphatic carbocycles. The molecule has 0 heterocycles. The van der Waals surface area contributed by atoms with Gasteiger partial charge in [0.1, 0.15) is 0 Å². The van der Waals surface area contributed by atoms with Gasteiger partial charge in [0.05, 0.1) is 11.7 Å². The van der Waals surface area contributed by atoms with Crippen molar-refractivity contribution in [3.05, 3.63) is 11.8 Å². The number of nitrogens with two attached hydrogens (primary N) is 2. The molecule has 0 bridgehead atoms. The highest BCUT2D eigenvalue weighted by molar-refractivity contribution is 5.05. The quantitative estimate of drug-likeness (QED) is 0.511. The lowest BCUT2D eigenvalue weighted by Gasteiger charge is -2.44. The lowest BCUT2D eigenvalue weighted by atomic mass is 9.73. The monoisotopic (exact) mass is 312 g/mol. The van der Waals surface area contributed by atoms with Crippen LogP contribution in [-0.4, -0.2) is 18.2 Å². The number of hydrogen-bond acceptors (Lipinski definition) is 3. The third kappa shape index (κ3) is 7.15. The molecule has 0 rings (SSSR count). The summed E-state index contributed by atoms with van der Waals surface area (Å²) >= 11 is 0. The summed E-state index contributed by atoms with van der Waals surface area (Å²) in [5.41, 5.74) is 12.3. The van der Waals surface area contributed by atoms with Gasteiger partial charge in [0.2, 0.25) is 0 Å². The first-order valence-corrected chi connectivity index (χ1v) is 9.05. The molecule has 1 atom stereocenters. The van der Waals surface area contributed by atoms with Crippen LogP contribution in [0, 0.1) is 5.41 Å². The molecule has 0 saturated carbocycles. The van der Waals surface area contributed by atoms with E-state index < -0.39 is 0 Å². The van der Waals surface area contributed by atoms with Crippen LogP contribution < -0.4 is 11.5 Å². The van der Waals surface area contributed by atoms with Crippen molar-refractivity contribution < 1.29 is 4.74 Å². The Hall–Kier alpha value is -0.540. The second-order valence-corrected chi connectivity index (χ2v) is 7.51. The fourth-order valence-electron chi connectivity index (χ4n) is 2.64. The average Bonchev–Trinajstić information content (AvgIpc) is 2.44. The molecule has 0 spiro atoms. The van der Waals surface area contributed by atoms with Crippen molar-refractivity contribution in [2.75, 3.05) is 6.54 Å². The van der Waals surface area contributed by atoms with Gasteiger partial charge in [-0.2, -0.15) is 0 Å². The highest BCUT2D eigenvalue weighted by Gasteiger charge is 2.39. The molecular weight excluding hydrogens is 272 g/mol. The zero-order chi connectivity index (χ0) is 17.2. The van der Waals surface area contributed by atoms with E-state index in [0.717, 1.165) is 12.1 Å². The molecule has 4 N–H and O–H groups in total. The minimum Gasteiger partial charge on any atom is -0.400 e. The molecule has 0 fully saturated rings. The third-order valence-corrected chi connectivity index (χ3v) is 5.07. The van der Waals surface area contributed by atoms with Crippen molar-refractivity contribution in [1.29, 1.82) is 0 Å². The maximum Gasteiger partial charge on any atom is 0.0969 e. The van der Waals surface area contributed by atoms with Gasteiger partial charge in [-0.05, 0) is 38.2 Å². The minimum absolute atomic E-state index is 0.0436. The first kappa shape index (κ1) is 21.5. The largest absolute Gasteiger partial charge is 0.400 e. The minimum atomic E-state index is -0.217. The topological polar surface area (TPSA) is 61.3 Å². The Morgan fingerprint density at radius 2 is 1.64 bits per heavy atom. The van der Waals surface area contributed by atoms with Crippen molar-refractivity contribution in [2.24, 2.45) is 16.9 Å². The maximum atomic E-state index is 6.40. The number of ether oxygens (including phenoxy) is 1. The van der Waals surface area contributed by atoms with Crippen LogP contribution >= 0.6 is 0 Å². The van der Waals surface area contributed by atoms with Gasteiger partial charge in [-0.25, -0.2) is 0 Å². The molecule has 3 heteroatoms. The second-order valence-electron chi connectivity index (χ2n) is 7.51. The van der Waals surface area contributed by atoms with Crippen LogP contribution in [-0.2, 0) is 4.74 Å². The van der Waals surface area contributed by atoms with Gasteiger partial charge in [0.25, 0.3) is 0 Å². The second kappa shape index (κ2) is 10.3. The van der Waals surface area contributed by atoms with Crippen molar-refractivity contribution in [3.63, 3.8) is 0 Å². The van der Waals surface area contributed by atoms with Gasteiger partial charge in [-0.15, -0.1) is 0 Å². The Labute approximate surface area is 138 Å². The maximum absolute atomic E-state index is 6.40. The van der Waals surface area contributed by atoms with E-state index in [1.807, 2.05) is 6.08 Å². The Morgan fingerprint density at radius 1 is 1.05 bits per heavy atom. The molecule has 0 amide bonds. The average molecular weight is 313 g/mol. The summed E-state index contributed by atoms with van der Waals surface area (Å²) < 4.78 is 6.40. The van der Waals surface area contributed by atoms with E-state index in [1.54, 1.807) is 0 Å². The standard InChI is InChI=1S/C19H40N2O/c1-7-9-10-11-12-14-18(3,4)19(5,6)22-17(8-2)16(21)13-15-20/h13,17H,7-12,14-15,20-21H2,1-6H3. The van der Waals surface area contributed by atoms with Crippen molar-refractivity contribution >= 4 is 0 Å². The van der Waals surface area contributed by atoms with Gasteiger partial charge in [0, 0.05) is 12.2 Å². The Kier molecular flexibility index (Phi) is 10.0. The van der Waals surface area contributed by atoms with Gasteiger partial charge in [-0.1, -0.05) is 59.8 Å². The van der Waals surface area contributed by atoms with Crippen LogP contribution in [0.3, 0.4) is 0 Å². The fourth-order valence-corrected chi connectivity index (χ4v) is 2.64. The van der Waals surface area contributed by atoms with Gasteiger partial charge < -0.3 is 16.2 Å². The van der Waals surface area contributed by atoms with Gasteiger partial charge in [0.15, 0.2) is 0 Å². The van der Waals surface area contributed by atoms with Crippen LogP contribution in [0.1, 0.15) is 86.5 Å². The number of rotatable bonds is 12. The summed E-state index contributed by atoms with van der Waals surface area (Å²) in [5.74, 6) is 0. The van der Waals surface area contributed by atoms with E-state index in [1.165, 1.54) is 38.5 Å². The molecule has 1 unspecified atom stereocenters. The first-order chi connectivity index (χ1) is 10.2. The molecule has 0 saturated heterocycles. The summed E-state index contributed by atoms with van der Waals surface area (Å²) in [6.45, 7) is 13.8. The van der Waals surface area contributed by atoms with Crippen LogP contribution in [0.4, 0.5) is 0 Å². The summed E-state index contributed by atoms with van der Waals surface area (Å²) in [4.78, 5) is 0. The SMILES string of the molecule is CCCCCCCC(C)(C)C(C)(C)OC(CC)C(N)=CCN.